The molecule has 0 amide bonds. The van der Waals surface area contributed by atoms with Crippen molar-refractivity contribution in [3.63, 3.8) is 0 Å². The quantitative estimate of drug-likeness (QED) is 0.332. The number of nitrogens with two attached hydrogens (primary N) is 2. The average molecular weight is 343 g/mol. The second-order valence-corrected chi connectivity index (χ2v) is 4.49. The summed E-state index contributed by atoms with van der Waals surface area (Å²) in [7, 11) is 0. The molecule has 0 aliphatic heterocycles. The van der Waals surface area contributed by atoms with Crippen molar-refractivity contribution in [1.82, 2.24) is 9.66 Å². The zero-order valence-corrected chi connectivity index (χ0v) is 13.1. The Balaban J connectivity index is 0.00000121. The number of aromatic nitrogens is 2. The lowest BCUT2D eigenvalue weighted by Crippen LogP contribution is -2.15. The second-order valence-electron chi connectivity index (χ2n) is 4.49. The van der Waals surface area contributed by atoms with E-state index in [2.05, 4.69) is 15.2 Å². The van der Waals surface area contributed by atoms with Gasteiger partial charge in [0.05, 0.1) is 11.9 Å². The normalized spacial score (nSPS) is 15.1. The number of imidazole rings is 1. The van der Waals surface area contributed by atoms with Crippen LogP contribution in [-0.2, 0) is 6.42 Å². The van der Waals surface area contributed by atoms with Gasteiger partial charge in [0, 0.05) is 17.3 Å². The Morgan fingerprint density at radius 1 is 1.27 bits per heavy atom. The number of rotatable bonds is 2. The molecule has 3 rings (SSSR count). The van der Waals surface area contributed by atoms with E-state index in [4.69, 9.17) is 16.7 Å². The average Bonchev–Trinajstić information content (AvgIpc) is 3.06. The van der Waals surface area contributed by atoms with Crippen LogP contribution in [0.1, 0.15) is 23.1 Å². The van der Waals surface area contributed by atoms with E-state index in [1.165, 1.54) is 0 Å². The molecule has 0 bridgehead atoms. The van der Waals surface area contributed by atoms with Gasteiger partial charge < -0.3 is 16.7 Å². The molecule has 1 aliphatic carbocycles. The molecule has 1 aromatic carbocycles. The van der Waals surface area contributed by atoms with Crippen molar-refractivity contribution in [2.45, 2.75) is 12.8 Å². The van der Waals surface area contributed by atoms with E-state index in [9.17, 15) is 0 Å². The summed E-state index contributed by atoms with van der Waals surface area (Å²) in [5.41, 5.74) is 15.1. The second kappa shape index (κ2) is 7.15. The first-order valence-corrected chi connectivity index (χ1v) is 6.17. The fourth-order valence-corrected chi connectivity index (χ4v) is 2.43. The molecule has 9 heteroatoms. The zero-order valence-electron chi connectivity index (χ0n) is 11.5. The highest BCUT2D eigenvalue weighted by molar-refractivity contribution is 6.08. The Morgan fingerprint density at radius 2 is 2.05 bits per heavy atom. The first-order chi connectivity index (χ1) is 9.70. The summed E-state index contributed by atoms with van der Waals surface area (Å²) in [4.78, 5) is 3.94. The van der Waals surface area contributed by atoms with Gasteiger partial charge >= 0.3 is 0 Å². The summed E-state index contributed by atoms with van der Waals surface area (Å²) >= 11 is 0. The van der Waals surface area contributed by atoms with Crippen molar-refractivity contribution in [1.29, 1.82) is 0 Å². The number of oxime groups is 1. The highest BCUT2D eigenvalue weighted by Gasteiger charge is 2.22. The lowest BCUT2D eigenvalue weighted by Gasteiger charge is -2.06. The maximum Gasteiger partial charge on any atom is 0.221 e. The van der Waals surface area contributed by atoms with Crippen molar-refractivity contribution in [3.8, 4) is 0 Å². The van der Waals surface area contributed by atoms with Crippen molar-refractivity contribution in [2.24, 2.45) is 16.0 Å². The third-order valence-electron chi connectivity index (χ3n) is 3.36. The topological polar surface area (TPSA) is 115 Å². The largest absolute Gasteiger partial charge is 0.409 e. The number of benzene rings is 1. The Morgan fingerprint density at radius 3 is 2.68 bits per heavy atom. The number of hydrogen-bond donors (Lipinski definition) is 3. The van der Waals surface area contributed by atoms with Crippen LogP contribution in [0.3, 0.4) is 0 Å². The molecule has 0 saturated carbocycles. The Bertz CT molecular complexity index is 725. The minimum absolute atomic E-state index is 0. The molecule has 1 heterocycles. The Hall–Kier alpha value is -2.25. The Labute approximate surface area is 139 Å². The first kappa shape index (κ1) is 17.8. The first-order valence-electron chi connectivity index (χ1n) is 6.17. The highest BCUT2D eigenvalue weighted by atomic mass is 35.5. The number of fused-ring (bicyclic) bond motifs is 1. The summed E-state index contributed by atoms with van der Waals surface area (Å²) in [6, 6.07) is 5.68. The number of nitrogens with zero attached hydrogens (tertiary/aromatic N) is 4. The van der Waals surface area contributed by atoms with Crippen LogP contribution in [0.5, 0.6) is 0 Å². The van der Waals surface area contributed by atoms with Crippen molar-refractivity contribution in [2.75, 3.05) is 5.73 Å². The van der Waals surface area contributed by atoms with Gasteiger partial charge in [-0.1, -0.05) is 23.4 Å². The lowest BCUT2D eigenvalue weighted by atomic mass is 10.0. The van der Waals surface area contributed by atoms with Gasteiger partial charge in [-0.05, 0) is 18.4 Å². The van der Waals surface area contributed by atoms with E-state index in [0.717, 1.165) is 35.2 Å². The van der Waals surface area contributed by atoms with Gasteiger partial charge in [-0.25, -0.2) is 9.66 Å². The van der Waals surface area contributed by atoms with Crippen LogP contribution in [0.2, 0.25) is 0 Å². The van der Waals surface area contributed by atoms with Gasteiger partial charge in [-0.3, -0.25) is 0 Å². The monoisotopic (exact) mass is 342 g/mol. The van der Waals surface area contributed by atoms with Gasteiger partial charge in [0.15, 0.2) is 5.84 Å². The summed E-state index contributed by atoms with van der Waals surface area (Å²) < 4.78 is 1.54. The van der Waals surface area contributed by atoms with Gasteiger partial charge in [-0.2, -0.15) is 5.10 Å². The molecule has 2 aromatic rings. The SMILES string of the molecule is Cl.Cl.NC(=NO)c1cccc2c1CCC2=Nn1ccnc1N. The van der Waals surface area contributed by atoms with Gasteiger partial charge in [0.2, 0.25) is 5.95 Å². The van der Waals surface area contributed by atoms with Crippen LogP contribution in [0.15, 0.2) is 40.8 Å². The van der Waals surface area contributed by atoms with Crippen LogP contribution in [-0.4, -0.2) is 26.4 Å². The molecule has 5 N–H and O–H groups in total. The highest BCUT2D eigenvalue weighted by Crippen LogP contribution is 2.26. The van der Waals surface area contributed by atoms with E-state index in [0.29, 0.717) is 5.95 Å². The summed E-state index contributed by atoms with van der Waals surface area (Å²) in [5, 5.41) is 16.4. The van der Waals surface area contributed by atoms with E-state index in [-0.39, 0.29) is 30.6 Å². The molecule has 118 valence electrons. The number of anilines is 1. The molecule has 0 unspecified atom stereocenters. The maximum atomic E-state index is 8.83. The maximum absolute atomic E-state index is 8.83. The molecule has 1 aliphatic rings. The van der Waals surface area contributed by atoms with Gasteiger partial charge in [0.1, 0.15) is 0 Å². The molecule has 0 saturated heterocycles. The van der Waals surface area contributed by atoms with Crippen LogP contribution in [0.25, 0.3) is 0 Å². The summed E-state index contributed by atoms with van der Waals surface area (Å²) in [5.74, 6) is 0.462. The number of halogens is 2. The van der Waals surface area contributed by atoms with Crippen LogP contribution >= 0.6 is 24.8 Å². The van der Waals surface area contributed by atoms with E-state index < -0.39 is 0 Å². The number of nitrogen functional groups attached to an aromatic ring is 1. The number of hydrogen-bond acceptors (Lipinski definition) is 5. The van der Waals surface area contributed by atoms with Gasteiger partial charge in [0.25, 0.3) is 0 Å². The van der Waals surface area contributed by atoms with Crippen molar-refractivity contribution < 1.29 is 5.21 Å². The predicted molar refractivity (Wildman–Crippen MR) is 90.3 cm³/mol. The zero-order chi connectivity index (χ0) is 14.1. The molecular weight excluding hydrogens is 327 g/mol. The fraction of sp³-hybridized carbons (Fsp3) is 0.154. The molecule has 22 heavy (non-hydrogen) atoms. The van der Waals surface area contributed by atoms with Crippen LogP contribution in [0.4, 0.5) is 5.95 Å². The summed E-state index contributed by atoms with van der Waals surface area (Å²) in [6.45, 7) is 0. The smallest absolute Gasteiger partial charge is 0.221 e. The molecule has 1 aromatic heterocycles. The third kappa shape index (κ3) is 3.00. The lowest BCUT2D eigenvalue weighted by molar-refractivity contribution is 0.318. The molecule has 0 spiro atoms. The van der Waals surface area contributed by atoms with Crippen molar-refractivity contribution in [3.05, 3.63) is 47.3 Å². The third-order valence-corrected chi connectivity index (χ3v) is 3.36. The van der Waals surface area contributed by atoms with Crippen molar-refractivity contribution >= 4 is 42.3 Å². The predicted octanol–water partition coefficient (Wildman–Crippen LogP) is 1.60. The van der Waals surface area contributed by atoms with E-state index in [1.807, 2.05) is 18.2 Å². The minimum Gasteiger partial charge on any atom is -0.409 e. The summed E-state index contributed by atoms with van der Waals surface area (Å²) in [6.07, 6.45) is 4.88. The molecule has 7 nitrogen and oxygen atoms in total. The van der Waals surface area contributed by atoms with Crippen LogP contribution < -0.4 is 11.5 Å². The molecule has 0 atom stereocenters. The fourth-order valence-electron chi connectivity index (χ4n) is 2.43. The molecule has 0 radical (unpaired) electrons. The van der Waals surface area contributed by atoms with Crippen LogP contribution in [0, 0.1) is 0 Å². The molecule has 0 fully saturated rings. The molecular formula is C13H16Cl2N6O. The van der Waals surface area contributed by atoms with E-state index >= 15 is 0 Å². The number of amidine groups is 1. The minimum atomic E-state index is 0. The van der Waals surface area contributed by atoms with Gasteiger partial charge in [-0.15, -0.1) is 24.8 Å². The van der Waals surface area contributed by atoms with E-state index in [1.54, 1.807) is 17.1 Å². The Kier molecular flexibility index (Phi) is 5.78. The standard InChI is InChI=1S/C13H14N6O.2ClH/c14-12(18-20)10-3-1-2-9-8(10)4-5-11(9)17-19-7-6-16-13(19)15;;/h1-3,6-7,20H,4-5H2,(H2,14,18)(H2,15,16);2*1H.